The third-order valence-corrected chi connectivity index (χ3v) is 5.78. The number of likely N-dealkylation sites (tertiary alicyclic amines) is 1. The first-order valence-electron chi connectivity index (χ1n) is 11.1. The van der Waals surface area contributed by atoms with E-state index in [9.17, 15) is 14.7 Å². The molecule has 8 nitrogen and oxygen atoms in total. The van der Waals surface area contributed by atoms with Gasteiger partial charge in [-0.05, 0) is 54.4 Å². The number of hydrogen-bond acceptors (Lipinski definition) is 7. The fourth-order valence-electron chi connectivity index (χ4n) is 4.15. The Labute approximate surface area is 203 Å². The van der Waals surface area contributed by atoms with Gasteiger partial charge in [0.25, 0.3) is 11.7 Å². The number of carbonyl (C=O) groups excluding carboxylic acids is 2. The molecule has 2 heterocycles. The number of hydrogen-bond donors (Lipinski definition) is 1. The van der Waals surface area contributed by atoms with Gasteiger partial charge in [0, 0.05) is 24.5 Å². The van der Waals surface area contributed by atoms with Gasteiger partial charge < -0.3 is 24.2 Å². The van der Waals surface area contributed by atoms with Crippen LogP contribution in [0.25, 0.3) is 5.76 Å². The van der Waals surface area contributed by atoms with Gasteiger partial charge >= 0.3 is 0 Å². The minimum atomic E-state index is -0.848. The van der Waals surface area contributed by atoms with Crippen LogP contribution in [0.15, 0.2) is 72.6 Å². The van der Waals surface area contributed by atoms with Crippen LogP contribution in [0.3, 0.4) is 0 Å². The van der Waals surface area contributed by atoms with Gasteiger partial charge in [0.05, 0.1) is 32.4 Å². The highest BCUT2D eigenvalue weighted by atomic mass is 16.5. The third-order valence-electron chi connectivity index (χ3n) is 5.78. The maximum absolute atomic E-state index is 13.3. The van der Waals surface area contributed by atoms with Crippen molar-refractivity contribution in [1.82, 2.24) is 9.88 Å². The van der Waals surface area contributed by atoms with E-state index in [-0.39, 0.29) is 17.9 Å². The van der Waals surface area contributed by atoms with Gasteiger partial charge in [-0.15, -0.1) is 0 Å². The SMILES string of the molecule is CCOc1cccc(C(O)=C2C(=O)C(=O)N(Cc3ccncc3)C2c2ccc(OC)c(OC)c2)c1. The molecule has 1 fully saturated rings. The number of carbonyl (C=O) groups is 2. The average Bonchev–Trinajstić information content (AvgIpc) is 3.13. The number of aromatic nitrogens is 1. The maximum atomic E-state index is 13.3. The number of ketones is 1. The molecule has 1 atom stereocenters. The van der Waals surface area contributed by atoms with E-state index in [4.69, 9.17) is 14.2 Å². The molecule has 0 spiro atoms. The Balaban J connectivity index is 1.88. The van der Waals surface area contributed by atoms with Gasteiger partial charge in [0.2, 0.25) is 0 Å². The summed E-state index contributed by atoms with van der Waals surface area (Å²) in [4.78, 5) is 32.0. The van der Waals surface area contributed by atoms with Crippen LogP contribution in [0.4, 0.5) is 0 Å². The van der Waals surface area contributed by atoms with Gasteiger partial charge in [-0.1, -0.05) is 18.2 Å². The van der Waals surface area contributed by atoms with Crippen molar-refractivity contribution >= 4 is 17.4 Å². The second kappa shape index (κ2) is 10.3. The van der Waals surface area contributed by atoms with E-state index in [0.717, 1.165) is 5.56 Å². The molecule has 0 saturated carbocycles. The summed E-state index contributed by atoms with van der Waals surface area (Å²) in [5.41, 5.74) is 1.76. The number of pyridine rings is 1. The Morgan fingerprint density at radius 1 is 1.00 bits per heavy atom. The molecule has 1 amide bonds. The molecule has 1 N–H and O–H groups in total. The molecule has 1 unspecified atom stereocenters. The lowest BCUT2D eigenvalue weighted by molar-refractivity contribution is -0.140. The van der Waals surface area contributed by atoms with Crippen LogP contribution in [-0.2, 0) is 16.1 Å². The Hall–Kier alpha value is -4.33. The summed E-state index contributed by atoms with van der Waals surface area (Å²) in [5, 5.41) is 11.3. The minimum absolute atomic E-state index is 0.00933. The summed E-state index contributed by atoms with van der Waals surface area (Å²) >= 11 is 0. The number of benzene rings is 2. The van der Waals surface area contributed by atoms with Crippen molar-refractivity contribution in [2.24, 2.45) is 0 Å². The number of ether oxygens (including phenoxy) is 3. The first kappa shape index (κ1) is 23.8. The van der Waals surface area contributed by atoms with E-state index in [1.807, 2.05) is 6.92 Å². The number of Topliss-reactive ketones (excluding diaryl/α,β-unsaturated/α-hetero) is 1. The van der Waals surface area contributed by atoms with E-state index in [1.165, 1.54) is 19.1 Å². The van der Waals surface area contributed by atoms with Crippen LogP contribution in [0.5, 0.6) is 17.2 Å². The topological polar surface area (TPSA) is 98.2 Å². The van der Waals surface area contributed by atoms with Crippen molar-refractivity contribution in [2.45, 2.75) is 19.5 Å². The van der Waals surface area contributed by atoms with Crippen LogP contribution < -0.4 is 14.2 Å². The van der Waals surface area contributed by atoms with E-state index in [0.29, 0.717) is 35.0 Å². The molecule has 0 aliphatic carbocycles. The molecule has 0 radical (unpaired) electrons. The predicted molar refractivity (Wildman–Crippen MR) is 129 cm³/mol. The van der Waals surface area contributed by atoms with E-state index < -0.39 is 17.7 Å². The van der Waals surface area contributed by atoms with Crippen molar-refractivity contribution in [3.63, 3.8) is 0 Å². The zero-order valence-electron chi connectivity index (χ0n) is 19.7. The summed E-state index contributed by atoms with van der Waals surface area (Å²) < 4.78 is 16.3. The van der Waals surface area contributed by atoms with Gasteiger partial charge in [-0.2, -0.15) is 0 Å². The van der Waals surface area contributed by atoms with E-state index >= 15 is 0 Å². The van der Waals surface area contributed by atoms with Crippen molar-refractivity contribution in [1.29, 1.82) is 0 Å². The molecule has 4 rings (SSSR count). The fourth-order valence-corrected chi connectivity index (χ4v) is 4.15. The molecule has 3 aromatic rings. The Morgan fingerprint density at radius 2 is 1.74 bits per heavy atom. The zero-order chi connectivity index (χ0) is 24.9. The number of amides is 1. The highest BCUT2D eigenvalue weighted by Gasteiger charge is 2.46. The maximum Gasteiger partial charge on any atom is 0.295 e. The molecule has 1 aromatic heterocycles. The van der Waals surface area contributed by atoms with Crippen molar-refractivity contribution < 1.29 is 28.9 Å². The fraction of sp³-hybridized carbons (Fsp3) is 0.222. The highest BCUT2D eigenvalue weighted by Crippen LogP contribution is 2.42. The molecule has 8 heteroatoms. The Kier molecular flexibility index (Phi) is 7.01. The van der Waals surface area contributed by atoms with Crippen LogP contribution in [0, 0.1) is 0 Å². The molecule has 1 aliphatic heterocycles. The molecule has 1 saturated heterocycles. The van der Waals surface area contributed by atoms with Gasteiger partial charge in [0.15, 0.2) is 11.5 Å². The van der Waals surface area contributed by atoms with Gasteiger partial charge in [-0.3, -0.25) is 14.6 Å². The molecule has 0 bridgehead atoms. The number of rotatable bonds is 8. The zero-order valence-corrected chi connectivity index (χ0v) is 19.7. The van der Waals surface area contributed by atoms with Crippen LogP contribution >= 0.6 is 0 Å². The summed E-state index contributed by atoms with van der Waals surface area (Å²) in [6.07, 6.45) is 3.24. The van der Waals surface area contributed by atoms with Crippen molar-refractivity contribution in [3.05, 3.63) is 89.3 Å². The van der Waals surface area contributed by atoms with Crippen LogP contribution in [0.2, 0.25) is 0 Å². The summed E-state index contributed by atoms with van der Waals surface area (Å²) in [6, 6.07) is 14.6. The van der Waals surface area contributed by atoms with Crippen LogP contribution in [0.1, 0.15) is 29.7 Å². The summed E-state index contributed by atoms with van der Waals surface area (Å²) in [5.74, 6) is -0.251. The van der Waals surface area contributed by atoms with Gasteiger partial charge in [-0.25, -0.2) is 0 Å². The second-order valence-electron chi connectivity index (χ2n) is 7.86. The minimum Gasteiger partial charge on any atom is -0.507 e. The highest BCUT2D eigenvalue weighted by molar-refractivity contribution is 6.46. The molecule has 35 heavy (non-hydrogen) atoms. The molecular weight excluding hydrogens is 448 g/mol. The monoisotopic (exact) mass is 474 g/mol. The Morgan fingerprint density at radius 3 is 2.43 bits per heavy atom. The van der Waals surface area contributed by atoms with E-state index in [1.54, 1.807) is 67.0 Å². The predicted octanol–water partition coefficient (Wildman–Crippen LogP) is 4.12. The first-order chi connectivity index (χ1) is 17.0. The van der Waals surface area contributed by atoms with Gasteiger partial charge in [0.1, 0.15) is 11.5 Å². The smallest absolute Gasteiger partial charge is 0.295 e. The summed E-state index contributed by atoms with van der Waals surface area (Å²) in [6.45, 7) is 2.46. The standard InChI is InChI=1S/C27H26N2O6/c1-4-35-20-7-5-6-19(14-20)25(30)23-24(18-8-9-21(33-2)22(15-18)34-3)29(27(32)26(23)31)16-17-10-12-28-13-11-17/h5-15,24,30H,4,16H2,1-3H3. The first-order valence-corrected chi connectivity index (χ1v) is 11.1. The third kappa shape index (κ3) is 4.68. The lowest BCUT2D eigenvalue weighted by Crippen LogP contribution is -2.29. The number of aliphatic hydroxyl groups excluding tert-OH is 1. The van der Waals surface area contributed by atoms with Crippen molar-refractivity contribution in [3.8, 4) is 17.2 Å². The van der Waals surface area contributed by atoms with Crippen LogP contribution in [-0.4, -0.2) is 47.5 Å². The quantitative estimate of drug-likeness (QED) is 0.298. The summed E-state index contributed by atoms with van der Waals surface area (Å²) in [7, 11) is 3.03. The molecule has 180 valence electrons. The number of nitrogens with zero attached hydrogens (tertiary/aromatic N) is 2. The normalized spacial score (nSPS) is 16.9. The number of aliphatic hydroxyl groups is 1. The largest absolute Gasteiger partial charge is 0.507 e. The average molecular weight is 475 g/mol. The number of methoxy groups -OCH3 is 2. The second-order valence-corrected chi connectivity index (χ2v) is 7.86. The Bertz CT molecular complexity index is 1270. The lowest BCUT2D eigenvalue weighted by atomic mass is 9.94. The molecular formula is C27H26N2O6. The molecule has 2 aromatic carbocycles. The molecule has 1 aliphatic rings. The van der Waals surface area contributed by atoms with Crippen molar-refractivity contribution in [2.75, 3.05) is 20.8 Å². The lowest BCUT2D eigenvalue weighted by Gasteiger charge is -2.26. The van der Waals surface area contributed by atoms with E-state index in [2.05, 4.69) is 4.98 Å².